The normalized spacial score (nSPS) is 15.9. The van der Waals surface area contributed by atoms with Gasteiger partial charge >= 0.3 is 0 Å². The molecule has 1 N–H and O–H groups in total. The first-order valence-corrected chi connectivity index (χ1v) is 7.94. The summed E-state index contributed by atoms with van der Waals surface area (Å²) in [6, 6.07) is 7.16. The zero-order valence-electron chi connectivity index (χ0n) is 13.9. The van der Waals surface area contributed by atoms with Gasteiger partial charge in [0.15, 0.2) is 0 Å². The number of carbonyl (C=O) groups excluding carboxylic acids is 1. The minimum Gasteiger partial charge on any atom is -0.344 e. The van der Waals surface area contributed by atoms with Crippen LogP contribution >= 0.6 is 0 Å². The Morgan fingerprint density at radius 1 is 1.20 bits per heavy atom. The largest absolute Gasteiger partial charge is 0.344 e. The minimum absolute atomic E-state index is 0.0912. The highest BCUT2D eigenvalue weighted by Crippen LogP contribution is 2.51. The summed E-state index contributed by atoms with van der Waals surface area (Å²) in [5, 5.41) is 2.94. The van der Waals surface area contributed by atoms with Crippen LogP contribution in [0.15, 0.2) is 36.7 Å². The molecule has 1 aromatic heterocycles. The van der Waals surface area contributed by atoms with E-state index in [1.165, 1.54) is 12.1 Å². The molecule has 1 aromatic carbocycles. The molecule has 1 aliphatic rings. The summed E-state index contributed by atoms with van der Waals surface area (Å²) in [7, 11) is 0. The summed E-state index contributed by atoms with van der Waals surface area (Å²) in [6.07, 6.45) is -0.313. The number of hydrogen-bond donors (Lipinski definition) is 1. The highest BCUT2D eigenvalue weighted by molar-refractivity contribution is 5.93. The molecule has 132 valence electrons. The molecule has 0 unspecified atom stereocenters. The van der Waals surface area contributed by atoms with Crippen LogP contribution in [0.4, 0.5) is 13.2 Å². The number of amides is 1. The molecule has 0 atom stereocenters. The number of benzene rings is 1. The standard InChI is InChI=1S/C18H18F3N3O/c1-17(2,11-3-5-12(19)6-4-11)18(7-8-18)24-16(25)14-9-13(15(20)21)22-10-23-14/h3-6,9-10,15H,7-8H2,1-2H3,(H,24,25). The van der Waals surface area contributed by atoms with Gasteiger partial charge in [0.05, 0.1) is 0 Å². The van der Waals surface area contributed by atoms with E-state index in [0.29, 0.717) is 0 Å². The van der Waals surface area contributed by atoms with Gasteiger partial charge in [0.25, 0.3) is 12.3 Å². The lowest BCUT2D eigenvalue weighted by atomic mass is 9.75. The first-order chi connectivity index (χ1) is 11.7. The van der Waals surface area contributed by atoms with Gasteiger partial charge in [-0.25, -0.2) is 23.1 Å². The average Bonchev–Trinajstić information content (AvgIpc) is 3.36. The van der Waals surface area contributed by atoms with Gasteiger partial charge in [0.2, 0.25) is 0 Å². The van der Waals surface area contributed by atoms with Crippen LogP contribution in [0, 0.1) is 5.82 Å². The number of rotatable bonds is 5. The van der Waals surface area contributed by atoms with Crippen molar-refractivity contribution in [1.29, 1.82) is 0 Å². The maximum Gasteiger partial charge on any atom is 0.280 e. The van der Waals surface area contributed by atoms with Crippen LogP contribution in [0.5, 0.6) is 0 Å². The lowest BCUT2D eigenvalue weighted by Gasteiger charge is -2.36. The highest BCUT2D eigenvalue weighted by atomic mass is 19.3. The molecule has 0 spiro atoms. The van der Waals surface area contributed by atoms with E-state index in [1.54, 1.807) is 12.1 Å². The Bertz CT molecular complexity index is 786. The van der Waals surface area contributed by atoms with Crippen molar-refractivity contribution < 1.29 is 18.0 Å². The van der Waals surface area contributed by atoms with Crippen molar-refractivity contribution in [2.24, 2.45) is 0 Å². The van der Waals surface area contributed by atoms with Crippen LogP contribution in [0.2, 0.25) is 0 Å². The van der Waals surface area contributed by atoms with Crippen LogP contribution in [0.25, 0.3) is 0 Å². The molecule has 3 rings (SSSR count). The minimum atomic E-state index is -2.76. The predicted octanol–water partition coefficient (Wildman–Crippen LogP) is 3.79. The van der Waals surface area contributed by atoms with Gasteiger partial charge in [0, 0.05) is 11.0 Å². The Morgan fingerprint density at radius 3 is 2.40 bits per heavy atom. The van der Waals surface area contributed by atoms with Crippen molar-refractivity contribution in [2.45, 2.75) is 44.1 Å². The van der Waals surface area contributed by atoms with E-state index in [9.17, 15) is 18.0 Å². The molecule has 1 amide bonds. The zero-order valence-corrected chi connectivity index (χ0v) is 13.9. The molecule has 0 saturated heterocycles. The predicted molar refractivity (Wildman–Crippen MR) is 85.8 cm³/mol. The van der Waals surface area contributed by atoms with Crippen LogP contribution < -0.4 is 5.32 Å². The summed E-state index contributed by atoms with van der Waals surface area (Å²) in [4.78, 5) is 19.8. The highest BCUT2D eigenvalue weighted by Gasteiger charge is 2.56. The van der Waals surface area contributed by atoms with E-state index >= 15 is 0 Å². The SMILES string of the molecule is CC(C)(c1ccc(F)cc1)C1(NC(=O)c2cc(C(F)F)ncn2)CC1. The Balaban J connectivity index is 1.83. The third-order valence-corrected chi connectivity index (χ3v) is 5.01. The molecule has 1 heterocycles. The number of carbonyl (C=O) groups is 1. The summed E-state index contributed by atoms with van der Waals surface area (Å²) in [6.45, 7) is 3.94. The number of nitrogens with one attached hydrogen (secondary N) is 1. The second-order valence-electron chi connectivity index (χ2n) is 6.80. The van der Waals surface area contributed by atoms with E-state index in [0.717, 1.165) is 30.8 Å². The average molecular weight is 349 g/mol. The fourth-order valence-electron chi connectivity index (χ4n) is 3.07. The molecular weight excluding hydrogens is 331 g/mol. The van der Waals surface area contributed by atoms with E-state index in [1.807, 2.05) is 13.8 Å². The molecule has 1 aliphatic carbocycles. The van der Waals surface area contributed by atoms with Gasteiger partial charge in [0.1, 0.15) is 23.5 Å². The first-order valence-electron chi connectivity index (χ1n) is 7.94. The molecule has 0 bridgehead atoms. The second kappa shape index (κ2) is 6.13. The number of aromatic nitrogens is 2. The topological polar surface area (TPSA) is 54.9 Å². The van der Waals surface area contributed by atoms with Crippen molar-refractivity contribution in [3.8, 4) is 0 Å². The Morgan fingerprint density at radius 2 is 1.84 bits per heavy atom. The van der Waals surface area contributed by atoms with E-state index in [-0.39, 0.29) is 11.5 Å². The van der Waals surface area contributed by atoms with Crippen LogP contribution in [-0.2, 0) is 5.41 Å². The van der Waals surface area contributed by atoms with E-state index < -0.39 is 29.0 Å². The van der Waals surface area contributed by atoms with Crippen molar-refractivity contribution >= 4 is 5.91 Å². The van der Waals surface area contributed by atoms with Gasteiger partial charge in [-0.1, -0.05) is 26.0 Å². The molecule has 0 aliphatic heterocycles. The molecule has 7 heteroatoms. The lowest BCUT2D eigenvalue weighted by Crippen LogP contribution is -2.50. The van der Waals surface area contributed by atoms with Crippen molar-refractivity contribution in [3.63, 3.8) is 0 Å². The van der Waals surface area contributed by atoms with Crippen molar-refractivity contribution in [1.82, 2.24) is 15.3 Å². The summed E-state index contributed by atoms with van der Waals surface area (Å²) in [5.41, 5.74) is -0.649. The molecular formula is C18H18F3N3O. The van der Waals surface area contributed by atoms with Gasteiger partial charge in [-0.2, -0.15) is 0 Å². The zero-order chi connectivity index (χ0) is 18.2. The van der Waals surface area contributed by atoms with Crippen molar-refractivity contribution in [3.05, 3.63) is 59.4 Å². The maximum absolute atomic E-state index is 13.2. The Kier molecular flexibility index (Phi) is 4.26. The fraction of sp³-hybridized carbons (Fsp3) is 0.389. The smallest absolute Gasteiger partial charge is 0.280 e. The third-order valence-electron chi connectivity index (χ3n) is 5.01. The molecule has 1 saturated carbocycles. The van der Waals surface area contributed by atoms with Gasteiger partial charge in [-0.05, 0) is 36.6 Å². The van der Waals surface area contributed by atoms with Crippen LogP contribution in [0.3, 0.4) is 0 Å². The maximum atomic E-state index is 13.2. The summed E-state index contributed by atoms with van der Waals surface area (Å²) in [5.74, 6) is -0.842. The Labute approximate surface area is 143 Å². The molecule has 4 nitrogen and oxygen atoms in total. The second-order valence-corrected chi connectivity index (χ2v) is 6.80. The monoisotopic (exact) mass is 349 g/mol. The number of hydrogen-bond acceptors (Lipinski definition) is 3. The summed E-state index contributed by atoms with van der Waals surface area (Å²) < 4.78 is 38.7. The van der Waals surface area contributed by atoms with E-state index in [4.69, 9.17) is 0 Å². The van der Waals surface area contributed by atoms with Gasteiger partial charge in [-0.3, -0.25) is 4.79 Å². The van der Waals surface area contributed by atoms with Crippen molar-refractivity contribution in [2.75, 3.05) is 0 Å². The van der Waals surface area contributed by atoms with Gasteiger partial charge in [-0.15, -0.1) is 0 Å². The fourth-order valence-corrected chi connectivity index (χ4v) is 3.07. The lowest BCUT2D eigenvalue weighted by molar-refractivity contribution is 0.0902. The third kappa shape index (κ3) is 3.23. The van der Waals surface area contributed by atoms with Crippen LogP contribution in [0.1, 0.15) is 54.9 Å². The van der Waals surface area contributed by atoms with E-state index in [2.05, 4.69) is 15.3 Å². The Hall–Kier alpha value is -2.44. The molecule has 2 aromatic rings. The summed E-state index contributed by atoms with van der Waals surface area (Å²) >= 11 is 0. The molecule has 0 radical (unpaired) electrons. The molecule has 25 heavy (non-hydrogen) atoms. The molecule has 1 fully saturated rings. The quantitative estimate of drug-likeness (QED) is 0.893. The first kappa shape index (κ1) is 17.4. The van der Waals surface area contributed by atoms with Gasteiger partial charge < -0.3 is 5.32 Å². The van der Waals surface area contributed by atoms with Crippen LogP contribution in [-0.4, -0.2) is 21.4 Å². The number of alkyl halides is 2. The number of halogens is 3. The number of nitrogens with zero attached hydrogens (tertiary/aromatic N) is 2.